The number of carbonyl (C=O) groups is 2. The van der Waals surface area contributed by atoms with Gasteiger partial charge in [0.15, 0.2) is 11.5 Å². The molecule has 1 aliphatic rings. The Bertz CT molecular complexity index is 1290. The molecule has 0 spiro atoms. The normalized spacial score (nSPS) is 17.1. The molecular weight excluding hydrogens is 436 g/mol. The zero-order valence-corrected chi connectivity index (χ0v) is 19.0. The van der Waals surface area contributed by atoms with Gasteiger partial charge in [0.1, 0.15) is 11.5 Å². The Balaban J connectivity index is 1.91. The first-order valence-electron chi connectivity index (χ1n) is 10.5. The Morgan fingerprint density at radius 3 is 2.53 bits per heavy atom. The fourth-order valence-corrected chi connectivity index (χ4v) is 4.12. The first-order valence-corrected chi connectivity index (χ1v) is 10.5. The molecule has 1 unspecified atom stereocenters. The van der Waals surface area contributed by atoms with Gasteiger partial charge in [-0.2, -0.15) is 0 Å². The van der Waals surface area contributed by atoms with E-state index in [9.17, 15) is 19.8 Å². The van der Waals surface area contributed by atoms with Crippen LogP contribution in [0.1, 0.15) is 28.3 Å². The average Bonchev–Trinajstić information content (AvgIpc) is 3.09. The molecule has 1 fully saturated rings. The lowest BCUT2D eigenvalue weighted by atomic mass is 9.93. The van der Waals surface area contributed by atoms with Crippen molar-refractivity contribution in [1.29, 1.82) is 0 Å². The molecule has 1 amide bonds. The van der Waals surface area contributed by atoms with Gasteiger partial charge in [-0.3, -0.25) is 14.6 Å². The molecule has 1 aliphatic heterocycles. The lowest BCUT2D eigenvalue weighted by Gasteiger charge is -2.26. The lowest BCUT2D eigenvalue weighted by Crippen LogP contribution is -2.29. The van der Waals surface area contributed by atoms with Gasteiger partial charge in [-0.05, 0) is 60.0 Å². The number of aliphatic hydroxyl groups is 1. The van der Waals surface area contributed by atoms with Gasteiger partial charge in [0.25, 0.3) is 11.7 Å². The van der Waals surface area contributed by atoms with Gasteiger partial charge in [0, 0.05) is 24.5 Å². The molecular formula is C26H24N2O6. The number of amides is 1. The zero-order chi connectivity index (χ0) is 24.4. The van der Waals surface area contributed by atoms with E-state index >= 15 is 0 Å². The van der Waals surface area contributed by atoms with Crippen molar-refractivity contribution in [3.8, 4) is 17.2 Å². The molecule has 0 saturated carbocycles. The van der Waals surface area contributed by atoms with Crippen LogP contribution in [0.4, 0.5) is 0 Å². The van der Waals surface area contributed by atoms with Crippen LogP contribution >= 0.6 is 0 Å². The molecule has 2 heterocycles. The van der Waals surface area contributed by atoms with Crippen LogP contribution in [0.5, 0.6) is 17.2 Å². The number of aryl methyl sites for hydroxylation is 1. The van der Waals surface area contributed by atoms with E-state index in [2.05, 4.69) is 4.98 Å². The molecule has 0 aliphatic carbocycles. The van der Waals surface area contributed by atoms with Crippen molar-refractivity contribution in [2.45, 2.75) is 19.5 Å². The standard InChI is InChI=1S/C26H24N2O6/c1-15-11-18(33-2)7-8-19(15)24(30)22-23(17-6-9-20(29)21(12-17)34-3)28(26(32)25(22)31)14-16-5-4-10-27-13-16/h4-13,23,29-30H,14H2,1-3H3/b24-22-. The first-order chi connectivity index (χ1) is 16.3. The van der Waals surface area contributed by atoms with Crippen LogP contribution in [0.15, 0.2) is 66.5 Å². The van der Waals surface area contributed by atoms with Crippen molar-refractivity contribution >= 4 is 17.4 Å². The Kier molecular flexibility index (Phi) is 6.23. The number of aromatic hydroxyl groups is 1. The van der Waals surface area contributed by atoms with Crippen LogP contribution in [0.2, 0.25) is 0 Å². The number of methoxy groups -OCH3 is 2. The molecule has 1 saturated heterocycles. The highest BCUT2D eigenvalue weighted by atomic mass is 16.5. The van der Waals surface area contributed by atoms with Gasteiger partial charge in [-0.15, -0.1) is 0 Å². The molecule has 1 aromatic heterocycles. The monoisotopic (exact) mass is 460 g/mol. The number of ketones is 1. The SMILES string of the molecule is COc1ccc(/C(O)=C2/C(=O)C(=O)N(Cc3cccnc3)C2c2ccc(O)c(OC)c2)c(C)c1. The molecule has 174 valence electrons. The van der Waals surface area contributed by atoms with Gasteiger partial charge in [-0.1, -0.05) is 12.1 Å². The lowest BCUT2D eigenvalue weighted by molar-refractivity contribution is -0.140. The number of nitrogens with zero attached hydrogens (tertiary/aromatic N) is 2. The summed E-state index contributed by atoms with van der Waals surface area (Å²) in [5, 5.41) is 21.4. The van der Waals surface area contributed by atoms with Crippen LogP contribution < -0.4 is 9.47 Å². The number of phenols is 1. The van der Waals surface area contributed by atoms with E-state index in [4.69, 9.17) is 9.47 Å². The third-order valence-corrected chi connectivity index (χ3v) is 5.82. The molecule has 34 heavy (non-hydrogen) atoms. The number of Topliss-reactive ketones (excluding diaryl/α,β-unsaturated/α-hetero) is 1. The van der Waals surface area contributed by atoms with Crippen LogP contribution in [0.25, 0.3) is 5.76 Å². The van der Waals surface area contributed by atoms with Crippen molar-refractivity contribution in [2.75, 3.05) is 14.2 Å². The Morgan fingerprint density at radius 2 is 1.88 bits per heavy atom. The predicted molar refractivity (Wildman–Crippen MR) is 124 cm³/mol. The van der Waals surface area contributed by atoms with E-state index < -0.39 is 17.7 Å². The number of hydrogen-bond acceptors (Lipinski definition) is 7. The summed E-state index contributed by atoms with van der Waals surface area (Å²) in [6.45, 7) is 1.88. The number of pyridine rings is 1. The van der Waals surface area contributed by atoms with Gasteiger partial charge < -0.3 is 24.6 Å². The van der Waals surface area contributed by atoms with Gasteiger partial charge in [0.05, 0.1) is 25.8 Å². The molecule has 1 atom stereocenters. The zero-order valence-electron chi connectivity index (χ0n) is 19.0. The van der Waals surface area contributed by atoms with E-state index in [-0.39, 0.29) is 29.4 Å². The summed E-state index contributed by atoms with van der Waals surface area (Å²) in [4.78, 5) is 31.9. The van der Waals surface area contributed by atoms with Crippen LogP contribution in [0.3, 0.4) is 0 Å². The highest BCUT2D eigenvalue weighted by Crippen LogP contribution is 2.43. The molecule has 8 nitrogen and oxygen atoms in total. The van der Waals surface area contributed by atoms with Crippen LogP contribution in [-0.4, -0.2) is 46.0 Å². The topological polar surface area (TPSA) is 109 Å². The van der Waals surface area contributed by atoms with E-state index in [1.165, 1.54) is 25.2 Å². The molecule has 2 aromatic carbocycles. The molecule has 3 aromatic rings. The maximum absolute atomic E-state index is 13.2. The number of rotatable bonds is 6. The summed E-state index contributed by atoms with van der Waals surface area (Å²) in [5.41, 5.74) is 2.27. The van der Waals surface area contributed by atoms with Crippen molar-refractivity contribution < 1.29 is 29.3 Å². The number of carbonyl (C=O) groups excluding carboxylic acids is 2. The van der Waals surface area contributed by atoms with E-state index in [0.717, 1.165) is 5.56 Å². The fraction of sp³-hybridized carbons (Fsp3) is 0.192. The summed E-state index contributed by atoms with van der Waals surface area (Å²) < 4.78 is 10.5. The van der Waals surface area contributed by atoms with Gasteiger partial charge in [0.2, 0.25) is 0 Å². The molecule has 0 bridgehead atoms. The Morgan fingerprint density at radius 1 is 1.09 bits per heavy atom. The second kappa shape index (κ2) is 9.27. The number of hydrogen-bond donors (Lipinski definition) is 2. The van der Waals surface area contributed by atoms with Gasteiger partial charge >= 0.3 is 0 Å². The average molecular weight is 460 g/mol. The van der Waals surface area contributed by atoms with Crippen LogP contribution in [0, 0.1) is 6.92 Å². The number of likely N-dealkylation sites (tertiary alicyclic amines) is 1. The summed E-state index contributed by atoms with van der Waals surface area (Å²) >= 11 is 0. The Labute approximate surface area is 196 Å². The van der Waals surface area contributed by atoms with E-state index in [1.807, 2.05) is 0 Å². The van der Waals surface area contributed by atoms with Gasteiger partial charge in [-0.25, -0.2) is 0 Å². The minimum Gasteiger partial charge on any atom is -0.507 e. The van der Waals surface area contributed by atoms with Crippen molar-refractivity contribution in [3.05, 3.63) is 88.8 Å². The third kappa shape index (κ3) is 4.05. The maximum Gasteiger partial charge on any atom is 0.295 e. The third-order valence-electron chi connectivity index (χ3n) is 5.82. The van der Waals surface area contributed by atoms with E-state index in [0.29, 0.717) is 22.4 Å². The van der Waals surface area contributed by atoms with Crippen molar-refractivity contribution in [1.82, 2.24) is 9.88 Å². The maximum atomic E-state index is 13.2. The quantitative estimate of drug-likeness (QED) is 0.328. The summed E-state index contributed by atoms with van der Waals surface area (Å²) in [6.07, 6.45) is 3.23. The molecule has 8 heteroatoms. The highest BCUT2D eigenvalue weighted by Gasteiger charge is 2.46. The predicted octanol–water partition coefficient (Wildman–Crippen LogP) is 3.73. The largest absolute Gasteiger partial charge is 0.507 e. The molecule has 0 radical (unpaired) electrons. The molecule has 4 rings (SSSR count). The minimum absolute atomic E-state index is 0.0464. The molecule has 2 N–H and O–H groups in total. The Hall–Kier alpha value is -4.33. The first kappa shape index (κ1) is 22.8. The minimum atomic E-state index is -0.906. The second-order valence-electron chi connectivity index (χ2n) is 7.90. The number of phenolic OH excluding ortho intramolecular Hbond substituents is 1. The number of aliphatic hydroxyl groups excluding tert-OH is 1. The van der Waals surface area contributed by atoms with Crippen molar-refractivity contribution in [3.63, 3.8) is 0 Å². The van der Waals surface area contributed by atoms with E-state index in [1.54, 1.807) is 61.8 Å². The summed E-state index contributed by atoms with van der Waals surface area (Å²) in [5.74, 6) is -1.12. The van der Waals surface area contributed by atoms with Crippen molar-refractivity contribution in [2.24, 2.45) is 0 Å². The fourth-order valence-electron chi connectivity index (χ4n) is 4.12. The number of ether oxygens (including phenoxy) is 2. The summed E-state index contributed by atoms with van der Waals surface area (Å²) in [7, 11) is 2.95. The number of aromatic nitrogens is 1. The number of benzene rings is 2. The highest BCUT2D eigenvalue weighted by molar-refractivity contribution is 6.46. The van der Waals surface area contributed by atoms with Crippen LogP contribution in [-0.2, 0) is 16.1 Å². The summed E-state index contributed by atoms with van der Waals surface area (Å²) in [6, 6.07) is 12.3. The second-order valence-corrected chi connectivity index (χ2v) is 7.90. The smallest absolute Gasteiger partial charge is 0.295 e.